The Morgan fingerprint density at radius 3 is 2.83 bits per heavy atom. The van der Waals surface area contributed by atoms with Gasteiger partial charge >= 0.3 is 0 Å². The van der Waals surface area contributed by atoms with Crippen molar-refractivity contribution in [3.63, 3.8) is 0 Å². The van der Waals surface area contributed by atoms with E-state index in [-0.39, 0.29) is 6.04 Å². The molecule has 1 aromatic rings. The summed E-state index contributed by atoms with van der Waals surface area (Å²) in [5, 5.41) is 7.85. The Kier molecular flexibility index (Phi) is 6.85. The number of methoxy groups -OCH3 is 1. The number of aromatic nitrogens is 2. The third-order valence-electron chi connectivity index (χ3n) is 2.71. The van der Waals surface area contributed by atoms with Gasteiger partial charge in [0.25, 0.3) is 0 Å². The molecule has 1 atom stereocenters. The SMILES string of the molecule is CCNC(COC)c1c(Br)cnn1CCN(C)C. The van der Waals surface area contributed by atoms with E-state index in [1.54, 1.807) is 7.11 Å². The van der Waals surface area contributed by atoms with Crippen LogP contribution >= 0.6 is 15.9 Å². The molecular formula is C12H23BrN4O. The van der Waals surface area contributed by atoms with Gasteiger partial charge in [0.15, 0.2) is 0 Å². The van der Waals surface area contributed by atoms with Crippen molar-refractivity contribution in [1.29, 1.82) is 0 Å². The van der Waals surface area contributed by atoms with Crippen LogP contribution in [0.25, 0.3) is 0 Å². The van der Waals surface area contributed by atoms with Crippen molar-refractivity contribution in [3.05, 3.63) is 16.4 Å². The minimum atomic E-state index is 0.166. The first-order chi connectivity index (χ1) is 8.60. The van der Waals surface area contributed by atoms with Crippen molar-refractivity contribution < 1.29 is 4.74 Å². The van der Waals surface area contributed by atoms with Crippen molar-refractivity contribution in [1.82, 2.24) is 20.0 Å². The first kappa shape index (κ1) is 15.6. The predicted octanol–water partition coefficient (Wildman–Crippen LogP) is 1.50. The Labute approximate surface area is 118 Å². The Balaban J connectivity index is 2.85. The summed E-state index contributed by atoms with van der Waals surface area (Å²) in [5.41, 5.74) is 1.15. The lowest BCUT2D eigenvalue weighted by Crippen LogP contribution is -2.29. The van der Waals surface area contributed by atoms with Crippen LogP contribution in [-0.2, 0) is 11.3 Å². The quantitative estimate of drug-likeness (QED) is 0.789. The smallest absolute Gasteiger partial charge is 0.0740 e. The number of nitrogens with one attached hydrogen (secondary N) is 1. The molecule has 0 spiro atoms. The summed E-state index contributed by atoms with van der Waals surface area (Å²) in [6.45, 7) is 5.48. The fourth-order valence-corrected chi connectivity index (χ4v) is 2.41. The maximum absolute atomic E-state index is 5.28. The molecule has 0 fully saturated rings. The Morgan fingerprint density at radius 2 is 2.28 bits per heavy atom. The molecule has 1 N–H and O–H groups in total. The molecule has 0 aliphatic carbocycles. The van der Waals surface area contributed by atoms with Gasteiger partial charge in [0.2, 0.25) is 0 Å². The molecule has 5 nitrogen and oxygen atoms in total. The Morgan fingerprint density at radius 1 is 1.56 bits per heavy atom. The van der Waals surface area contributed by atoms with Crippen LogP contribution < -0.4 is 5.32 Å². The molecule has 1 unspecified atom stereocenters. The van der Waals surface area contributed by atoms with Gasteiger partial charge in [-0.1, -0.05) is 6.92 Å². The fourth-order valence-electron chi connectivity index (χ4n) is 1.84. The molecule has 6 heteroatoms. The monoisotopic (exact) mass is 318 g/mol. The number of ether oxygens (including phenoxy) is 1. The van der Waals surface area contributed by atoms with E-state index in [1.165, 1.54) is 0 Å². The first-order valence-corrected chi connectivity index (χ1v) is 6.97. The van der Waals surface area contributed by atoms with Gasteiger partial charge in [-0.25, -0.2) is 0 Å². The van der Waals surface area contributed by atoms with Crippen molar-refractivity contribution in [2.24, 2.45) is 0 Å². The first-order valence-electron chi connectivity index (χ1n) is 6.18. The largest absolute Gasteiger partial charge is 0.383 e. The molecule has 0 aliphatic heterocycles. The number of rotatable bonds is 8. The van der Waals surface area contributed by atoms with E-state index in [9.17, 15) is 0 Å². The second-order valence-corrected chi connectivity index (χ2v) is 5.32. The number of hydrogen-bond donors (Lipinski definition) is 1. The highest BCUT2D eigenvalue weighted by Crippen LogP contribution is 2.23. The van der Waals surface area contributed by atoms with Gasteiger partial charge in [-0.3, -0.25) is 4.68 Å². The number of likely N-dealkylation sites (N-methyl/N-ethyl adjacent to an activating group) is 2. The Bertz CT molecular complexity index is 348. The van der Waals surface area contributed by atoms with Gasteiger partial charge in [0.05, 0.1) is 35.6 Å². The molecule has 1 aromatic heterocycles. The van der Waals surface area contributed by atoms with Crippen LogP contribution in [0.1, 0.15) is 18.7 Å². The molecule has 0 aromatic carbocycles. The molecule has 0 saturated heterocycles. The van der Waals surface area contributed by atoms with E-state index in [4.69, 9.17) is 4.74 Å². The van der Waals surface area contributed by atoms with E-state index in [0.29, 0.717) is 6.61 Å². The minimum absolute atomic E-state index is 0.166. The van der Waals surface area contributed by atoms with Gasteiger partial charge < -0.3 is 15.0 Å². The van der Waals surface area contributed by atoms with Crippen LogP contribution in [-0.4, -0.2) is 55.6 Å². The summed E-state index contributed by atoms with van der Waals surface area (Å²) in [7, 11) is 5.85. The molecule has 0 bridgehead atoms. The van der Waals surface area contributed by atoms with Crippen LogP contribution in [0.4, 0.5) is 0 Å². The average Bonchev–Trinajstić information content (AvgIpc) is 2.67. The third kappa shape index (κ3) is 4.35. The number of nitrogens with zero attached hydrogens (tertiary/aromatic N) is 3. The van der Waals surface area contributed by atoms with Crippen molar-refractivity contribution in [2.45, 2.75) is 19.5 Å². The molecule has 0 amide bonds. The summed E-state index contributed by atoms with van der Waals surface area (Å²) < 4.78 is 8.35. The van der Waals surface area contributed by atoms with Crippen LogP contribution in [0.2, 0.25) is 0 Å². The minimum Gasteiger partial charge on any atom is -0.383 e. The van der Waals surface area contributed by atoms with Crippen molar-refractivity contribution in [3.8, 4) is 0 Å². The summed E-state index contributed by atoms with van der Waals surface area (Å²) in [6, 6.07) is 0.166. The highest BCUT2D eigenvalue weighted by molar-refractivity contribution is 9.10. The molecule has 18 heavy (non-hydrogen) atoms. The van der Waals surface area contributed by atoms with Gasteiger partial charge in [0, 0.05) is 13.7 Å². The van der Waals surface area contributed by atoms with Crippen LogP contribution in [0.15, 0.2) is 10.7 Å². The van der Waals surface area contributed by atoms with Crippen LogP contribution in [0.3, 0.4) is 0 Å². The molecule has 104 valence electrons. The molecule has 0 radical (unpaired) electrons. The van der Waals surface area contributed by atoms with E-state index in [2.05, 4.69) is 52.3 Å². The normalized spacial score (nSPS) is 13.2. The number of halogens is 1. The predicted molar refractivity (Wildman–Crippen MR) is 76.8 cm³/mol. The molecule has 0 aliphatic rings. The van der Waals surface area contributed by atoms with Gasteiger partial charge in [-0.15, -0.1) is 0 Å². The second-order valence-electron chi connectivity index (χ2n) is 4.47. The highest BCUT2D eigenvalue weighted by Gasteiger charge is 2.19. The lowest BCUT2D eigenvalue weighted by molar-refractivity contribution is 0.163. The second kappa shape index (κ2) is 7.89. The zero-order valence-electron chi connectivity index (χ0n) is 11.6. The van der Waals surface area contributed by atoms with Gasteiger partial charge in [-0.2, -0.15) is 5.10 Å². The summed E-state index contributed by atoms with van der Waals surface area (Å²) in [4.78, 5) is 2.15. The fraction of sp³-hybridized carbons (Fsp3) is 0.750. The van der Waals surface area contributed by atoms with Crippen LogP contribution in [0, 0.1) is 0 Å². The summed E-state index contributed by atoms with van der Waals surface area (Å²) >= 11 is 3.57. The standard InChI is InChI=1S/C12H23BrN4O/c1-5-14-11(9-18-4)12-10(13)8-15-17(12)7-6-16(2)3/h8,11,14H,5-7,9H2,1-4H3. The topological polar surface area (TPSA) is 42.3 Å². The molecule has 1 rings (SSSR count). The molecule has 0 saturated carbocycles. The van der Waals surface area contributed by atoms with Gasteiger partial charge in [-0.05, 0) is 36.6 Å². The van der Waals surface area contributed by atoms with E-state index < -0.39 is 0 Å². The zero-order valence-corrected chi connectivity index (χ0v) is 13.2. The van der Waals surface area contributed by atoms with Crippen molar-refractivity contribution in [2.75, 3.05) is 40.9 Å². The van der Waals surface area contributed by atoms with Crippen molar-refractivity contribution >= 4 is 15.9 Å². The summed E-state index contributed by atoms with van der Waals surface area (Å²) in [5.74, 6) is 0. The molecule has 1 heterocycles. The third-order valence-corrected chi connectivity index (χ3v) is 3.32. The highest BCUT2D eigenvalue weighted by atomic mass is 79.9. The lowest BCUT2D eigenvalue weighted by Gasteiger charge is -2.20. The number of hydrogen-bond acceptors (Lipinski definition) is 4. The molecular weight excluding hydrogens is 296 g/mol. The van der Waals surface area contributed by atoms with E-state index >= 15 is 0 Å². The van der Waals surface area contributed by atoms with E-state index in [1.807, 2.05) is 10.9 Å². The average molecular weight is 319 g/mol. The zero-order chi connectivity index (χ0) is 13.5. The summed E-state index contributed by atoms with van der Waals surface area (Å²) in [6.07, 6.45) is 1.85. The Hall–Kier alpha value is -0.430. The van der Waals surface area contributed by atoms with E-state index in [0.717, 1.165) is 29.8 Å². The maximum Gasteiger partial charge on any atom is 0.0740 e. The maximum atomic E-state index is 5.28. The van der Waals surface area contributed by atoms with Gasteiger partial charge in [0.1, 0.15) is 0 Å². The van der Waals surface area contributed by atoms with Crippen LogP contribution in [0.5, 0.6) is 0 Å². The lowest BCUT2D eigenvalue weighted by atomic mass is 10.2.